The lowest BCUT2D eigenvalue weighted by atomic mass is 10.3. The third kappa shape index (κ3) is 26.0. The van der Waals surface area contributed by atoms with E-state index in [2.05, 4.69) is 0 Å². The summed E-state index contributed by atoms with van der Waals surface area (Å²) in [5, 5.41) is 8.04. The van der Waals surface area contributed by atoms with Gasteiger partial charge in [-0.1, -0.05) is 34.6 Å². The summed E-state index contributed by atoms with van der Waals surface area (Å²) in [5.74, 6) is -0.693. The zero-order valence-corrected chi connectivity index (χ0v) is 6.48. The number of carbonyl (C=O) groups is 1. The molecule has 2 nitrogen and oxygen atoms in total. The highest BCUT2D eigenvalue weighted by Crippen LogP contribution is 1.91. The van der Waals surface area contributed by atoms with Crippen LogP contribution in [0.4, 0.5) is 0 Å². The molecule has 0 aromatic rings. The second kappa shape index (κ2) is 15.8. The Hall–Kier alpha value is -0.530. The molecule has 0 saturated carbocycles. The molecule has 0 amide bonds. The van der Waals surface area contributed by atoms with Crippen LogP contribution in [-0.2, 0) is 4.79 Å². The normalized spacial score (nSPS) is 6.70. The van der Waals surface area contributed by atoms with Crippen LogP contribution in [0.3, 0.4) is 0 Å². The number of carboxylic acids is 1. The molecule has 0 fully saturated rings. The lowest BCUT2D eigenvalue weighted by molar-refractivity contribution is -0.137. The van der Waals surface area contributed by atoms with Crippen molar-refractivity contribution in [3.63, 3.8) is 0 Å². The molecule has 10 heavy (non-hydrogen) atoms. The van der Waals surface area contributed by atoms with Gasteiger partial charge in [0.25, 0.3) is 0 Å². The molecule has 0 aliphatic heterocycles. The fourth-order valence-electron chi connectivity index (χ4n) is 0.328. The summed E-state index contributed by atoms with van der Waals surface area (Å²) in [6.45, 7) is 5.98. The Kier molecular flexibility index (Phi) is 25.6. The molecule has 0 saturated heterocycles. The van der Waals surface area contributed by atoms with Crippen molar-refractivity contribution < 1.29 is 9.90 Å². The Morgan fingerprint density at radius 3 is 1.90 bits per heavy atom. The lowest BCUT2D eigenvalue weighted by Crippen LogP contribution is -1.91. The van der Waals surface area contributed by atoms with E-state index in [0.29, 0.717) is 6.42 Å². The molecule has 0 aromatic carbocycles. The van der Waals surface area contributed by atoms with Crippen molar-refractivity contribution in [3.8, 4) is 0 Å². The van der Waals surface area contributed by atoms with Crippen molar-refractivity contribution in [3.05, 3.63) is 0 Å². The third-order valence-electron chi connectivity index (χ3n) is 0.744. The highest BCUT2D eigenvalue weighted by molar-refractivity contribution is 5.66. The van der Waals surface area contributed by atoms with Gasteiger partial charge in [0.15, 0.2) is 0 Å². The maximum Gasteiger partial charge on any atom is 0.303 e. The first-order valence-corrected chi connectivity index (χ1v) is 3.49. The quantitative estimate of drug-likeness (QED) is 0.668. The van der Waals surface area contributed by atoms with Gasteiger partial charge in [-0.15, -0.1) is 0 Å². The Labute approximate surface area is 64.3 Å². The summed E-state index contributed by atoms with van der Waals surface area (Å²) in [4.78, 5) is 9.76. The van der Waals surface area contributed by atoms with Crippen LogP contribution in [0.5, 0.6) is 0 Å². The van der Waals surface area contributed by atoms with Crippen molar-refractivity contribution in [2.45, 2.75) is 47.5 Å². The molecule has 0 unspecified atom stereocenters. The fraction of sp³-hybridized carbons (Fsp3) is 0.875. The third-order valence-corrected chi connectivity index (χ3v) is 0.744. The maximum absolute atomic E-state index is 9.76. The highest BCUT2D eigenvalue weighted by Gasteiger charge is 1.90. The van der Waals surface area contributed by atoms with Gasteiger partial charge in [-0.2, -0.15) is 0 Å². The van der Waals surface area contributed by atoms with Gasteiger partial charge >= 0.3 is 5.97 Å². The van der Waals surface area contributed by atoms with Crippen molar-refractivity contribution in [1.29, 1.82) is 0 Å². The molecule has 0 bridgehead atoms. The molecular weight excluding hydrogens is 128 g/mol. The first-order chi connectivity index (χ1) is 4.27. The predicted octanol–water partition coefficient (Wildman–Crippen LogP) is 2.92. The van der Waals surface area contributed by atoms with Gasteiger partial charge in [-0.3, -0.25) is 4.79 Å². The highest BCUT2D eigenvalue weighted by atomic mass is 16.4. The van der Waals surface area contributed by atoms with E-state index in [0.717, 1.165) is 12.8 Å². The number of rotatable bonds is 3. The van der Waals surface area contributed by atoms with Gasteiger partial charge < -0.3 is 5.11 Å². The van der Waals surface area contributed by atoms with Crippen LogP contribution in [0.15, 0.2) is 0 Å². The van der Waals surface area contributed by atoms with Gasteiger partial charge in [-0.05, 0) is 6.42 Å². The molecule has 0 aliphatic carbocycles. The number of hydrogen-bond acceptors (Lipinski definition) is 1. The first-order valence-electron chi connectivity index (χ1n) is 3.49. The average molecular weight is 148 g/mol. The molecule has 0 heterocycles. The van der Waals surface area contributed by atoms with Crippen molar-refractivity contribution in [1.82, 2.24) is 0 Å². The molecule has 0 spiro atoms. The van der Waals surface area contributed by atoms with E-state index in [9.17, 15) is 4.79 Å². The van der Waals surface area contributed by atoms with Crippen LogP contribution in [-0.4, -0.2) is 11.1 Å². The predicted molar refractivity (Wildman–Crippen MR) is 45.2 cm³/mol. The number of unbranched alkanes of at least 4 members (excludes halogenated alkanes) is 1. The van der Waals surface area contributed by atoms with Gasteiger partial charge in [0.2, 0.25) is 0 Å². The van der Waals surface area contributed by atoms with Crippen LogP contribution < -0.4 is 0 Å². The molecule has 0 atom stereocenters. The minimum absolute atomic E-state index is 0. The number of hydrogen-bond donors (Lipinski definition) is 1. The molecule has 2 heteroatoms. The van der Waals surface area contributed by atoms with E-state index in [1.54, 1.807) is 0 Å². The van der Waals surface area contributed by atoms with Crippen LogP contribution in [0, 0.1) is 0 Å². The molecule has 0 radical (unpaired) electrons. The van der Waals surface area contributed by atoms with Crippen LogP contribution in [0.25, 0.3) is 0 Å². The fourth-order valence-corrected chi connectivity index (χ4v) is 0.328. The monoisotopic (exact) mass is 148 g/mol. The Morgan fingerprint density at radius 1 is 1.40 bits per heavy atom. The molecule has 0 rings (SSSR count). The molecule has 0 aromatic heterocycles. The average Bonchev–Trinajstić information content (AvgIpc) is 1.88. The Balaban J connectivity index is -0.000000149. The smallest absolute Gasteiger partial charge is 0.303 e. The minimum Gasteiger partial charge on any atom is -0.481 e. The van der Waals surface area contributed by atoms with E-state index in [4.69, 9.17) is 5.11 Å². The SMILES string of the molecule is C.CC.CCCCC(=O)O. The van der Waals surface area contributed by atoms with E-state index < -0.39 is 5.97 Å². The van der Waals surface area contributed by atoms with Crippen LogP contribution in [0.1, 0.15) is 47.5 Å². The zero-order valence-electron chi connectivity index (χ0n) is 6.48. The van der Waals surface area contributed by atoms with Crippen LogP contribution >= 0.6 is 0 Å². The Morgan fingerprint density at radius 2 is 1.80 bits per heavy atom. The maximum atomic E-state index is 9.76. The summed E-state index contributed by atoms with van der Waals surface area (Å²) < 4.78 is 0. The first kappa shape index (κ1) is 16.2. The van der Waals surface area contributed by atoms with E-state index in [1.165, 1.54) is 0 Å². The molecule has 1 N–H and O–H groups in total. The Bertz CT molecular complexity index is 60.3. The summed E-state index contributed by atoms with van der Waals surface area (Å²) in [6.07, 6.45) is 2.08. The summed E-state index contributed by atoms with van der Waals surface area (Å²) in [5.41, 5.74) is 0. The second-order valence-corrected chi connectivity index (χ2v) is 1.50. The molecule has 64 valence electrons. The standard InChI is InChI=1S/C5H10O2.C2H6.CH4/c1-2-3-4-5(6)7;1-2;/h2-4H2,1H3,(H,6,7);1-2H3;1H4. The zero-order chi connectivity index (χ0) is 7.70. The van der Waals surface area contributed by atoms with E-state index in [1.807, 2.05) is 20.8 Å². The van der Waals surface area contributed by atoms with Gasteiger partial charge in [0, 0.05) is 6.42 Å². The largest absolute Gasteiger partial charge is 0.481 e. The van der Waals surface area contributed by atoms with Crippen molar-refractivity contribution in [2.24, 2.45) is 0 Å². The van der Waals surface area contributed by atoms with Gasteiger partial charge in [0.1, 0.15) is 0 Å². The van der Waals surface area contributed by atoms with Gasteiger partial charge in [0.05, 0.1) is 0 Å². The van der Waals surface area contributed by atoms with E-state index >= 15 is 0 Å². The van der Waals surface area contributed by atoms with Crippen LogP contribution in [0.2, 0.25) is 0 Å². The number of carboxylic acid groups (broad SMARTS) is 1. The molecule has 0 aliphatic rings. The lowest BCUT2D eigenvalue weighted by Gasteiger charge is -1.85. The second-order valence-electron chi connectivity index (χ2n) is 1.50. The summed E-state index contributed by atoms with van der Waals surface area (Å²) in [6, 6.07) is 0. The molecular formula is C8H20O2. The number of aliphatic carboxylic acids is 1. The van der Waals surface area contributed by atoms with Crippen molar-refractivity contribution >= 4 is 5.97 Å². The summed E-state index contributed by atoms with van der Waals surface area (Å²) in [7, 11) is 0. The topological polar surface area (TPSA) is 37.3 Å². The van der Waals surface area contributed by atoms with E-state index in [-0.39, 0.29) is 7.43 Å². The van der Waals surface area contributed by atoms with Gasteiger partial charge in [-0.25, -0.2) is 0 Å². The minimum atomic E-state index is -0.693. The van der Waals surface area contributed by atoms with Crippen molar-refractivity contribution in [2.75, 3.05) is 0 Å². The summed E-state index contributed by atoms with van der Waals surface area (Å²) >= 11 is 0.